The summed E-state index contributed by atoms with van der Waals surface area (Å²) in [6.07, 6.45) is 1.15. The molecule has 26 heavy (non-hydrogen) atoms. The van der Waals surface area contributed by atoms with E-state index in [2.05, 4.69) is 64.2 Å². The quantitative estimate of drug-likeness (QED) is 0.588. The van der Waals surface area contributed by atoms with Crippen LogP contribution in [0.15, 0.2) is 42.5 Å². The molecule has 0 aliphatic carbocycles. The summed E-state index contributed by atoms with van der Waals surface area (Å²) in [5.41, 5.74) is 4.72. The molecule has 2 rings (SSSR count). The van der Waals surface area contributed by atoms with Gasteiger partial charge >= 0.3 is 0 Å². The molecule has 3 nitrogen and oxygen atoms in total. The van der Waals surface area contributed by atoms with Gasteiger partial charge in [-0.05, 0) is 66.1 Å². The molecule has 1 N–H and O–H groups in total. The molecule has 0 saturated carbocycles. The van der Waals surface area contributed by atoms with E-state index in [0.29, 0.717) is 31.3 Å². The lowest BCUT2D eigenvalue weighted by molar-refractivity contribution is -0.116. The first kappa shape index (κ1) is 20.0. The number of aryl methyl sites for hydroxylation is 1. The maximum atomic E-state index is 12.0. The van der Waals surface area contributed by atoms with Gasteiger partial charge < -0.3 is 10.1 Å². The van der Waals surface area contributed by atoms with Gasteiger partial charge in [0.15, 0.2) is 0 Å². The van der Waals surface area contributed by atoms with Crippen LogP contribution in [0.1, 0.15) is 69.1 Å². The van der Waals surface area contributed by atoms with Crippen molar-refractivity contribution in [3.63, 3.8) is 0 Å². The van der Waals surface area contributed by atoms with Gasteiger partial charge in [0.2, 0.25) is 5.91 Å². The minimum Gasteiger partial charge on any atom is -0.494 e. The molecule has 0 bridgehead atoms. The van der Waals surface area contributed by atoms with Crippen molar-refractivity contribution in [2.75, 3.05) is 11.9 Å². The second kappa shape index (κ2) is 9.42. The highest BCUT2D eigenvalue weighted by Crippen LogP contribution is 2.23. The molecule has 0 spiro atoms. The molecule has 0 aliphatic rings. The van der Waals surface area contributed by atoms with Gasteiger partial charge in [0.25, 0.3) is 0 Å². The lowest BCUT2D eigenvalue weighted by Crippen LogP contribution is -2.12. The highest BCUT2D eigenvalue weighted by Gasteiger charge is 2.06. The minimum atomic E-state index is 0.0252. The molecule has 140 valence electrons. The predicted octanol–water partition coefficient (Wildman–Crippen LogP) is 6.04. The number of amides is 1. The molecule has 1 amide bonds. The second-order valence-electron chi connectivity index (χ2n) is 7.45. The zero-order valence-electron chi connectivity index (χ0n) is 16.6. The summed E-state index contributed by atoms with van der Waals surface area (Å²) in [5, 5.41) is 2.94. The van der Waals surface area contributed by atoms with E-state index >= 15 is 0 Å². The standard InChI is InChI=1S/C23H31NO2/c1-16(2)19-8-10-20(11-9-19)24-23(25)7-6-14-26-21-12-13-22(17(3)4)18(5)15-21/h8-13,15-17H,6-7,14H2,1-5H3,(H,24,25). The fourth-order valence-electron chi connectivity index (χ4n) is 2.98. The van der Waals surface area contributed by atoms with Crippen molar-refractivity contribution in [3.05, 3.63) is 59.2 Å². The lowest BCUT2D eigenvalue weighted by Gasteiger charge is -2.12. The Labute approximate surface area is 157 Å². The first-order valence-corrected chi connectivity index (χ1v) is 9.50. The van der Waals surface area contributed by atoms with E-state index in [1.807, 2.05) is 18.2 Å². The third kappa shape index (κ3) is 5.91. The molecular formula is C23H31NO2. The summed E-state index contributed by atoms with van der Waals surface area (Å²) in [5.74, 6) is 1.91. The van der Waals surface area contributed by atoms with Gasteiger partial charge in [-0.2, -0.15) is 0 Å². The topological polar surface area (TPSA) is 38.3 Å². The summed E-state index contributed by atoms with van der Waals surface area (Å²) in [6, 6.07) is 14.3. The van der Waals surface area contributed by atoms with Gasteiger partial charge in [-0.1, -0.05) is 45.9 Å². The van der Waals surface area contributed by atoms with Crippen molar-refractivity contribution in [1.29, 1.82) is 0 Å². The number of hydrogen-bond acceptors (Lipinski definition) is 2. The number of anilines is 1. The van der Waals surface area contributed by atoms with Crippen LogP contribution in [-0.4, -0.2) is 12.5 Å². The van der Waals surface area contributed by atoms with Crippen LogP contribution in [0.25, 0.3) is 0 Å². The maximum Gasteiger partial charge on any atom is 0.224 e. The normalized spacial score (nSPS) is 11.0. The lowest BCUT2D eigenvalue weighted by atomic mass is 9.98. The van der Waals surface area contributed by atoms with Crippen LogP contribution in [0.2, 0.25) is 0 Å². The van der Waals surface area contributed by atoms with Crippen LogP contribution >= 0.6 is 0 Å². The Hall–Kier alpha value is -2.29. The van der Waals surface area contributed by atoms with Crippen LogP contribution in [0, 0.1) is 6.92 Å². The van der Waals surface area contributed by atoms with E-state index in [4.69, 9.17) is 4.74 Å². The molecule has 0 aliphatic heterocycles. The maximum absolute atomic E-state index is 12.0. The zero-order valence-corrected chi connectivity index (χ0v) is 16.6. The Bertz CT molecular complexity index is 717. The highest BCUT2D eigenvalue weighted by molar-refractivity contribution is 5.90. The molecule has 0 aromatic heterocycles. The van der Waals surface area contributed by atoms with Crippen LogP contribution in [0.3, 0.4) is 0 Å². The largest absolute Gasteiger partial charge is 0.494 e. The van der Waals surface area contributed by atoms with E-state index < -0.39 is 0 Å². The van der Waals surface area contributed by atoms with Gasteiger partial charge in [-0.25, -0.2) is 0 Å². The number of ether oxygens (including phenoxy) is 1. The van der Waals surface area contributed by atoms with E-state index in [0.717, 1.165) is 11.4 Å². The van der Waals surface area contributed by atoms with E-state index in [9.17, 15) is 4.79 Å². The smallest absolute Gasteiger partial charge is 0.224 e. The fourth-order valence-corrected chi connectivity index (χ4v) is 2.98. The van der Waals surface area contributed by atoms with Crippen molar-refractivity contribution in [2.45, 2.75) is 59.3 Å². The number of carbonyl (C=O) groups excluding carboxylic acids is 1. The first-order valence-electron chi connectivity index (χ1n) is 9.50. The first-order chi connectivity index (χ1) is 12.4. The Balaban J connectivity index is 1.74. The SMILES string of the molecule is Cc1cc(OCCCC(=O)Nc2ccc(C(C)C)cc2)ccc1C(C)C. The van der Waals surface area contributed by atoms with Gasteiger partial charge in [-0.15, -0.1) is 0 Å². The highest BCUT2D eigenvalue weighted by atomic mass is 16.5. The molecule has 0 radical (unpaired) electrons. The summed E-state index contributed by atoms with van der Waals surface area (Å²) in [7, 11) is 0. The molecule has 2 aromatic rings. The van der Waals surface area contributed by atoms with E-state index in [1.54, 1.807) is 0 Å². The van der Waals surface area contributed by atoms with Crippen molar-refractivity contribution in [3.8, 4) is 5.75 Å². The number of hydrogen-bond donors (Lipinski definition) is 1. The average molecular weight is 354 g/mol. The Kier molecular flexibility index (Phi) is 7.26. The number of carbonyl (C=O) groups is 1. The van der Waals surface area contributed by atoms with Crippen molar-refractivity contribution >= 4 is 11.6 Å². The zero-order chi connectivity index (χ0) is 19.1. The molecule has 0 heterocycles. The van der Waals surface area contributed by atoms with Gasteiger partial charge in [0.1, 0.15) is 5.75 Å². The van der Waals surface area contributed by atoms with Gasteiger partial charge in [0, 0.05) is 12.1 Å². The summed E-state index contributed by atoms with van der Waals surface area (Å²) in [6.45, 7) is 11.4. The van der Waals surface area contributed by atoms with E-state index in [1.165, 1.54) is 16.7 Å². The number of nitrogens with one attached hydrogen (secondary N) is 1. The third-order valence-electron chi connectivity index (χ3n) is 4.54. The van der Waals surface area contributed by atoms with Crippen LogP contribution < -0.4 is 10.1 Å². The Morgan fingerprint density at radius 2 is 1.69 bits per heavy atom. The average Bonchev–Trinajstić information content (AvgIpc) is 2.59. The van der Waals surface area contributed by atoms with E-state index in [-0.39, 0.29) is 5.91 Å². The number of benzene rings is 2. The van der Waals surface area contributed by atoms with Crippen LogP contribution in [-0.2, 0) is 4.79 Å². The molecule has 3 heteroatoms. The van der Waals surface area contributed by atoms with Crippen molar-refractivity contribution in [1.82, 2.24) is 0 Å². The Morgan fingerprint density at radius 3 is 2.27 bits per heavy atom. The van der Waals surface area contributed by atoms with Crippen molar-refractivity contribution < 1.29 is 9.53 Å². The Morgan fingerprint density at radius 1 is 1.00 bits per heavy atom. The van der Waals surface area contributed by atoms with Crippen LogP contribution in [0.5, 0.6) is 5.75 Å². The molecule has 0 unspecified atom stereocenters. The monoisotopic (exact) mass is 353 g/mol. The summed E-state index contributed by atoms with van der Waals surface area (Å²) in [4.78, 5) is 12.0. The molecule has 0 saturated heterocycles. The van der Waals surface area contributed by atoms with Gasteiger partial charge in [0.05, 0.1) is 6.61 Å². The third-order valence-corrected chi connectivity index (χ3v) is 4.54. The molecule has 0 atom stereocenters. The molecule has 2 aromatic carbocycles. The van der Waals surface area contributed by atoms with Crippen LogP contribution in [0.4, 0.5) is 5.69 Å². The molecular weight excluding hydrogens is 322 g/mol. The summed E-state index contributed by atoms with van der Waals surface area (Å²) >= 11 is 0. The second-order valence-corrected chi connectivity index (χ2v) is 7.45. The summed E-state index contributed by atoms with van der Waals surface area (Å²) < 4.78 is 5.78. The minimum absolute atomic E-state index is 0.0252. The molecule has 0 fully saturated rings. The van der Waals surface area contributed by atoms with Gasteiger partial charge in [-0.3, -0.25) is 4.79 Å². The van der Waals surface area contributed by atoms with Crippen molar-refractivity contribution in [2.24, 2.45) is 0 Å². The fraction of sp³-hybridized carbons (Fsp3) is 0.435. The number of rotatable bonds is 8. The predicted molar refractivity (Wildman–Crippen MR) is 109 cm³/mol.